The number of hydrogen-bond donors (Lipinski definition) is 5. The van der Waals surface area contributed by atoms with Gasteiger partial charge in [0, 0.05) is 47.3 Å². The van der Waals surface area contributed by atoms with Crippen molar-refractivity contribution in [3.8, 4) is 0 Å². The molecule has 0 bridgehead atoms. The van der Waals surface area contributed by atoms with Gasteiger partial charge in [-0.05, 0) is 132 Å². The summed E-state index contributed by atoms with van der Waals surface area (Å²) in [6.07, 6.45) is 12.2. The summed E-state index contributed by atoms with van der Waals surface area (Å²) in [4.78, 5) is 11.2. The predicted molar refractivity (Wildman–Crippen MR) is 240 cm³/mol. The van der Waals surface area contributed by atoms with Crippen LogP contribution in [0.5, 0.6) is 0 Å². The molecule has 22 atom stereocenters. The molecule has 0 amide bonds. The summed E-state index contributed by atoms with van der Waals surface area (Å²) in [5.41, 5.74) is 2.70. The number of ether oxygens (including phenoxy) is 4. The Morgan fingerprint density at radius 2 is 1.34 bits per heavy atom. The Morgan fingerprint density at radius 3 is 2.00 bits per heavy atom. The first-order chi connectivity index (χ1) is 30.4. The van der Waals surface area contributed by atoms with E-state index in [0.29, 0.717) is 43.4 Å². The van der Waals surface area contributed by atoms with E-state index in [1.807, 2.05) is 19.9 Å². The summed E-state index contributed by atoms with van der Waals surface area (Å²) in [6.45, 7) is 19.8. The molecule has 4 saturated heterocycles. The van der Waals surface area contributed by atoms with Gasteiger partial charge in [-0.25, -0.2) is 0 Å². The highest BCUT2D eigenvalue weighted by molar-refractivity contribution is 5.44. The maximum Gasteiger partial charge on any atom is 0.174 e. The van der Waals surface area contributed by atoms with Crippen LogP contribution < -0.4 is 0 Å². The fourth-order valence-corrected chi connectivity index (χ4v) is 19.1. The maximum absolute atomic E-state index is 12.9. The predicted octanol–water partition coefficient (Wildman–Crippen LogP) is 6.32. The number of aliphatic hydroxyl groups is 5. The van der Waals surface area contributed by atoms with Gasteiger partial charge in [-0.2, -0.15) is 0 Å². The summed E-state index contributed by atoms with van der Waals surface area (Å²) in [5, 5.41) is 60.8. The Morgan fingerprint density at radius 1 is 0.677 bits per heavy atom. The largest absolute Gasteiger partial charge is 0.392 e. The van der Waals surface area contributed by atoms with Crippen molar-refractivity contribution in [3.63, 3.8) is 0 Å². The van der Waals surface area contributed by atoms with Gasteiger partial charge in [0.05, 0.1) is 65.0 Å². The quantitative estimate of drug-likeness (QED) is 0.185. The van der Waals surface area contributed by atoms with Gasteiger partial charge in [0.15, 0.2) is 11.6 Å². The first-order valence-electron chi connectivity index (χ1n) is 25.9. The molecule has 4 saturated carbocycles. The fraction of sp³-hybridized carbons (Fsp3) is 0.852. The van der Waals surface area contributed by atoms with Crippen LogP contribution >= 0.6 is 0 Å². The fourth-order valence-electron chi connectivity index (χ4n) is 19.1. The smallest absolute Gasteiger partial charge is 0.174 e. The van der Waals surface area contributed by atoms with Gasteiger partial charge in [0.25, 0.3) is 0 Å². The molecule has 12 aliphatic rings. The minimum absolute atomic E-state index is 0.00491. The van der Waals surface area contributed by atoms with Crippen LogP contribution in [-0.2, 0) is 44.6 Å². The Balaban J connectivity index is 0.776. The normalized spacial score (nSPS) is 58.6. The molecule has 11 nitrogen and oxygen atoms in total. The molecule has 22 unspecified atom stereocenters. The van der Waals surface area contributed by atoms with Crippen LogP contribution in [0, 0.1) is 74.9 Å². The van der Waals surface area contributed by atoms with Gasteiger partial charge < -0.3 is 44.5 Å². The van der Waals surface area contributed by atoms with E-state index in [2.05, 4.69) is 47.6 Å². The second-order valence-corrected chi connectivity index (χ2v) is 26.4. The van der Waals surface area contributed by atoms with E-state index in [0.717, 1.165) is 86.1 Å². The Hall–Kier alpha value is -1.80. The summed E-state index contributed by atoms with van der Waals surface area (Å²) in [6, 6.07) is 0. The van der Waals surface area contributed by atoms with Gasteiger partial charge in [-0.3, -0.25) is 9.97 Å². The van der Waals surface area contributed by atoms with E-state index < -0.39 is 58.5 Å². The SMILES string of the molecule is CC1C2C(C=C3C4CCC5Cc6nc7c(nc6CC5(C)C4CC(O)C32C)CC2CC(O)C3C4=CC5OC6(CCC(C)(O)CO6)C(C)C5(O)C4(C)C(O)CC3C2(C)C7)OC12CCC(C)(C)O2. The van der Waals surface area contributed by atoms with Crippen LogP contribution in [0.25, 0.3) is 0 Å². The number of aliphatic hydroxyl groups excluding tert-OH is 3. The average molecular weight is 897 g/mol. The van der Waals surface area contributed by atoms with Crippen LogP contribution in [0.15, 0.2) is 23.3 Å². The van der Waals surface area contributed by atoms with Crippen LogP contribution in [0.3, 0.4) is 0 Å². The lowest BCUT2D eigenvalue weighted by Gasteiger charge is -2.62. The third-order valence-corrected chi connectivity index (χ3v) is 23.1. The van der Waals surface area contributed by atoms with E-state index in [1.165, 1.54) is 5.57 Å². The molecule has 0 aromatic carbocycles. The van der Waals surface area contributed by atoms with Crippen molar-refractivity contribution < 1.29 is 44.5 Å². The summed E-state index contributed by atoms with van der Waals surface area (Å²) < 4.78 is 26.7. The zero-order valence-corrected chi connectivity index (χ0v) is 40.4. The second-order valence-electron chi connectivity index (χ2n) is 26.4. The lowest BCUT2D eigenvalue weighted by atomic mass is 9.44. The molecule has 1 aromatic rings. The molecule has 5 N–H and O–H groups in total. The van der Waals surface area contributed by atoms with Crippen molar-refractivity contribution in [3.05, 3.63) is 46.1 Å². The summed E-state index contributed by atoms with van der Waals surface area (Å²) in [5.74, 6) is -0.453. The Bertz CT molecular complexity index is 2300. The minimum Gasteiger partial charge on any atom is -0.392 e. The van der Waals surface area contributed by atoms with Gasteiger partial charge >= 0.3 is 0 Å². The van der Waals surface area contributed by atoms with Gasteiger partial charge in [0.2, 0.25) is 0 Å². The van der Waals surface area contributed by atoms with Crippen molar-refractivity contribution in [1.29, 1.82) is 0 Å². The molecule has 65 heavy (non-hydrogen) atoms. The lowest BCUT2D eigenvalue weighted by molar-refractivity contribution is -0.289. The highest BCUT2D eigenvalue weighted by atomic mass is 16.7. The van der Waals surface area contributed by atoms with Crippen molar-refractivity contribution in [2.75, 3.05) is 6.61 Å². The van der Waals surface area contributed by atoms with E-state index in [1.54, 1.807) is 6.92 Å². The van der Waals surface area contributed by atoms with Gasteiger partial charge in [0.1, 0.15) is 11.7 Å². The first kappa shape index (κ1) is 43.2. The standard InChI is InChI=1S/C54H76N2O9/c1-26-45-40(63-52(26)14-12-46(3,4)65-52)19-32-30-11-10-28-16-35-37(23-48(28,6)31(30)20-41(58)50(32,45)8)56-36-17-29-18-39(57)44-33(49(29,7)24-38(36)55-35)21-42(59)51(9)34(44)22-43-54(51,61)27(2)53(64-43)15-13-47(5,60)25-62-53/h19,22,26-31,33,39-45,57-61H,10-18,20-21,23-25H2,1-9H3. The zero-order chi connectivity index (χ0) is 45.6. The molecule has 356 valence electrons. The molecular formula is C54H76N2O9. The number of hydrogen-bond acceptors (Lipinski definition) is 11. The van der Waals surface area contributed by atoms with Crippen molar-refractivity contribution in [2.45, 2.75) is 205 Å². The molecule has 8 fully saturated rings. The van der Waals surface area contributed by atoms with Gasteiger partial charge in [-0.1, -0.05) is 64.8 Å². The second kappa shape index (κ2) is 12.9. The lowest BCUT2D eigenvalue weighted by Crippen LogP contribution is -2.66. The van der Waals surface area contributed by atoms with E-state index in [4.69, 9.17) is 28.9 Å². The van der Waals surface area contributed by atoms with Crippen LogP contribution in [0.4, 0.5) is 0 Å². The highest BCUT2D eigenvalue weighted by Crippen LogP contribution is 2.72. The molecule has 2 spiro atoms. The number of aromatic nitrogens is 2. The summed E-state index contributed by atoms with van der Waals surface area (Å²) in [7, 11) is 0. The molecule has 11 heteroatoms. The number of fused-ring (bicyclic) bond motifs is 16. The molecule has 1 aromatic heterocycles. The molecule has 8 aliphatic carbocycles. The maximum atomic E-state index is 12.9. The molecule has 5 heterocycles. The van der Waals surface area contributed by atoms with Crippen molar-refractivity contribution in [1.82, 2.24) is 9.97 Å². The molecule has 0 radical (unpaired) electrons. The molecular weight excluding hydrogens is 821 g/mol. The molecule has 13 rings (SSSR count). The topological polar surface area (TPSA) is 164 Å². The van der Waals surface area contributed by atoms with Crippen LogP contribution in [-0.4, -0.2) is 101 Å². The van der Waals surface area contributed by atoms with Crippen LogP contribution in [0.2, 0.25) is 0 Å². The van der Waals surface area contributed by atoms with E-state index in [-0.39, 0.29) is 64.1 Å². The molecule has 4 aliphatic heterocycles. The highest BCUT2D eigenvalue weighted by Gasteiger charge is 2.77. The van der Waals surface area contributed by atoms with E-state index >= 15 is 0 Å². The first-order valence-corrected chi connectivity index (χ1v) is 25.9. The van der Waals surface area contributed by atoms with Crippen molar-refractivity contribution >= 4 is 0 Å². The van der Waals surface area contributed by atoms with Crippen molar-refractivity contribution in [2.24, 2.45) is 74.9 Å². The Labute approximate surface area is 385 Å². The zero-order valence-electron chi connectivity index (χ0n) is 40.4. The number of nitrogens with zero attached hydrogens (tertiary/aromatic N) is 2. The van der Waals surface area contributed by atoms with E-state index in [9.17, 15) is 25.5 Å². The monoisotopic (exact) mass is 897 g/mol. The number of rotatable bonds is 0. The third-order valence-electron chi connectivity index (χ3n) is 23.1. The third kappa shape index (κ3) is 5.15. The summed E-state index contributed by atoms with van der Waals surface area (Å²) >= 11 is 0. The average Bonchev–Trinajstić information content (AvgIpc) is 3.94. The van der Waals surface area contributed by atoms with Crippen LogP contribution in [0.1, 0.15) is 143 Å². The minimum atomic E-state index is -1.42. The van der Waals surface area contributed by atoms with Gasteiger partial charge in [-0.15, -0.1) is 0 Å². The Kier molecular flexibility index (Phi) is 8.60.